The fraction of sp³-hybridized carbons (Fsp3) is 0.250. The van der Waals surface area contributed by atoms with Crippen LogP contribution < -0.4 is 11.7 Å². The first-order valence-electron chi connectivity index (χ1n) is 3.36. The lowest BCUT2D eigenvalue weighted by atomic mass is 10.2. The van der Waals surface area contributed by atoms with Crippen molar-refractivity contribution < 1.29 is 0 Å². The van der Waals surface area contributed by atoms with Gasteiger partial charge in [-0.05, 0) is 12.0 Å². The van der Waals surface area contributed by atoms with Crippen LogP contribution in [0.3, 0.4) is 0 Å². The molecule has 0 radical (unpaired) electrons. The van der Waals surface area contributed by atoms with Gasteiger partial charge in [-0.15, -0.1) is 0 Å². The molecule has 0 bridgehead atoms. The molecule has 0 aromatic heterocycles. The summed E-state index contributed by atoms with van der Waals surface area (Å²) in [6, 6.07) is 10.5. The van der Waals surface area contributed by atoms with Crippen molar-refractivity contribution >= 4 is 15.9 Å². The molecule has 1 aromatic rings. The number of rotatable bonds is 2. The molecular formula is C8H13BrN2. The minimum Gasteiger partial charge on any atom is -0.274 e. The highest BCUT2D eigenvalue weighted by atomic mass is 79.9. The first-order chi connectivity index (χ1) is 5.43. The molecule has 0 saturated carbocycles. The van der Waals surface area contributed by atoms with Crippen molar-refractivity contribution in [2.24, 2.45) is 11.7 Å². The van der Waals surface area contributed by atoms with Crippen LogP contribution in [-0.4, -0.2) is 5.33 Å². The van der Waals surface area contributed by atoms with Crippen LogP contribution in [0.5, 0.6) is 0 Å². The molecule has 0 unspecified atom stereocenters. The summed E-state index contributed by atoms with van der Waals surface area (Å²) in [5, 5.41) is 1.05. The van der Waals surface area contributed by atoms with Crippen LogP contribution in [0.25, 0.3) is 0 Å². The van der Waals surface area contributed by atoms with Crippen molar-refractivity contribution in [3.8, 4) is 0 Å². The van der Waals surface area contributed by atoms with Gasteiger partial charge in [0.15, 0.2) is 0 Å². The number of hydrogen-bond acceptors (Lipinski definition) is 2. The van der Waals surface area contributed by atoms with Crippen molar-refractivity contribution in [3.05, 3.63) is 35.9 Å². The molecule has 0 spiro atoms. The van der Waals surface area contributed by atoms with Gasteiger partial charge in [-0.2, -0.15) is 0 Å². The average molecular weight is 217 g/mol. The van der Waals surface area contributed by atoms with Crippen LogP contribution in [0, 0.1) is 0 Å². The Balaban J connectivity index is 0.000000461. The second kappa shape index (κ2) is 7.72. The van der Waals surface area contributed by atoms with E-state index in [0.29, 0.717) is 0 Å². The summed E-state index contributed by atoms with van der Waals surface area (Å²) in [5.41, 5.74) is 1.40. The van der Waals surface area contributed by atoms with Crippen LogP contribution in [-0.2, 0) is 6.42 Å². The van der Waals surface area contributed by atoms with Crippen LogP contribution in [0.4, 0.5) is 0 Å². The number of halogens is 1. The van der Waals surface area contributed by atoms with Gasteiger partial charge in [0.2, 0.25) is 0 Å². The van der Waals surface area contributed by atoms with Gasteiger partial charge in [0.05, 0.1) is 0 Å². The summed E-state index contributed by atoms with van der Waals surface area (Å²) in [4.78, 5) is 0. The Labute approximate surface area is 75.7 Å². The van der Waals surface area contributed by atoms with Crippen molar-refractivity contribution in [1.29, 1.82) is 0 Å². The maximum absolute atomic E-state index is 4.00. The molecule has 0 atom stereocenters. The van der Waals surface area contributed by atoms with E-state index >= 15 is 0 Å². The smallest absolute Gasteiger partial charge is 0.00718 e. The summed E-state index contributed by atoms with van der Waals surface area (Å²) in [6.45, 7) is 0. The minimum atomic E-state index is 1.05. The van der Waals surface area contributed by atoms with E-state index in [4.69, 9.17) is 0 Å². The largest absolute Gasteiger partial charge is 0.274 e. The lowest BCUT2D eigenvalue weighted by molar-refractivity contribution is 1.17. The standard InChI is InChI=1S/C8H9Br.H4N2/c9-7-6-8-4-2-1-3-5-8;1-2/h1-5H,6-7H2;1-2H2. The third-order valence-corrected chi connectivity index (χ3v) is 1.62. The molecule has 1 aromatic carbocycles. The lowest BCUT2D eigenvalue weighted by Crippen LogP contribution is -2.02. The predicted molar refractivity (Wildman–Crippen MR) is 52.3 cm³/mol. The first kappa shape index (κ1) is 10.6. The summed E-state index contributed by atoms with van der Waals surface area (Å²) in [7, 11) is 0. The fourth-order valence-electron chi connectivity index (χ4n) is 0.754. The SMILES string of the molecule is BrCCc1ccccc1.NN. The number of hydrazine groups is 1. The third kappa shape index (κ3) is 4.95. The van der Waals surface area contributed by atoms with Crippen molar-refractivity contribution in [2.75, 3.05) is 5.33 Å². The van der Waals surface area contributed by atoms with Gasteiger partial charge in [-0.3, -0.25) is 11.7 Å². The van der Waals surface area contributed by atoms with Gasteiger partial charge < -0.3 is 0 Å². The molecule has 0 heterocycles. The van der Waals surface area contributed by atoms with E-state index in [1.165, 1.54) is 5.56 Å². The second-order valence-corrected chi connectivity index (χ2v) is 2.72. The van der Waals surface area contributed by atoms with Gasteiger partial charge in [0, 0.05) is 5.33 Å². The number of aryl methyl sites for hydroxylation is 1. The molecule has 0 aliphatic carbocycles. The van der Waals surface area contributed by atoms with Gasteiger partial charge >= 0.3 is 0 Å². The number of nitrogens with two attached hydrogens (primary N) is 2. The van der Waals surface area contributed by atoms with Crippen LogP contribution in [0.1, 0.15) is 5.56 Å². The normalized spacial score (nSPS) is 8.27. The number of benzene rings is 1. The van der Waals surface area contributed by atoms with Crippen LogP contribution in [0.2, 0.25) is 0 Å². The Bertz CT molecular complexity index is 165. The van der Waals surface area contributed by atoms with E-state index in [-0.39, 0.29) is 0 Å². The number of hydrogen-bond donors (Lipinski definition) is 2. The highest BCUT2D eigenvalue weighted by Crippen LogP contribution is 2.00. The molecule has 0 aliphatic rings. The number of alkyl halides is 1. The molecule has 2 nitrogen and oxygen atoms in total. The van der Waals surface area contributed by atoms with E-state index in [9.17, 15) is 0 Å². The monoisotopic (exact) mass is 216 g/mol. The molecule has 0 amide bonds. The zero-order valence-corrected chi connectivity index (χ0v) is 7.92. The lowest BCUT2D eigenvalue weighted by Gasteiger charge is -1.92. The maximum atomic E-state index is 4.00. The van der Waals surface area contributed by atoms with E-state index in [0.717, 1.165) is 11.8 Å². The zero-order valence-electron chi connectivity index (χ0n) is 6.33. The molecule has 4 N–H and O–H groups in total. The van der Waals surface area contributed by atoms with E-state index in [2.05, 4.69) is 51.9 Å². The van der Waals surface area contributed by atoms with Crippen LogP contribution >= 0.6 is 15.9 Å². The van der Waals surface area contributed by atoms with E-state index in [1.807, 2.05) is 6.07 Å². The molecule has 0 aliphatic heterocycles. The molecule has 11 heavy (non-hydrogen) atoms. The molecule has 62 valence electrons. The summed E-state index contributed by atoms with van der Waals surface area (Å²) >= 11 is 3.39. The maximum Gasteiger partial charge on any atom is 0.00718 e. The zero-order chi connectivity index (χ0) is 8.53. The fourth-order valence-corrected chi connectivity index (χ4v) is 1.21. The second-order valence-electron chi connectivity index (χ2n) is 1.92. The van der Waals surface area contributed by atoms with Gasteiger partial charge in [-0.25, -0.2) is 0 Å². The molecule has 3 heteroatoms. The van der Waals surface area contributed by atoms with E-state index in [1.54, 1.807) is 0 Å². The Morgan fingerprint density at radius 1 is 1.09 bits per heavy atom. The summed E-state index contributed by atoms with van der Waals surface area (Å²) < 4.78 is 0. The quantitative estimate of drug-likeness (QED) is 0.447. The molecule has 1 rings (SSSR count). The van der Waals surface area contributed by atoms with Crippen LogP contribution in [0.15, 0.2) is 30.3 Å². The summed E-state index contributed by atoms with van der Waals surface area (Å²) in [6.07, 6.45) is 1.13. The topological polar surface area (TPSA) is 52.0 Å². The Morgan fingerprint density at radius 2 is 1.64 bits per heavy atom. The Morgan fingerprint density at radius 3 is 2.09 bits per heavy atom. The highest BCUT2D eigenvalue weighted by Gasteiger charge is 1.85. The average Bonchev–Trinajstić information content (AvgIpc) is 2.11. The molecule has 0 saturated heterocycles. The van der Waals surface area contributed by atoms with Gasteiger partial charge in [0.1, 0.15) is 0 Å². The highest BCUT2D eigenvalue weighted by molar-refractivity contribution is 9.09. The van der Waals surface area contributed by atoms with Gasteiger partial charge in [0.25, 0.3) is 0 Å². The van der Waals surface area contributed by atoms with Crippen molar-refractivity contribution in [3.63, 3.8) is 0 Å². The molecule has 0 fully saturated rings. The minimum absolute atomic E-state index is 1.05. The predicted octanol–water partition coefficient (Wildman–Crippen LogP) is 1.44. The van der Waals surface area contributed by atoms with E-state index < -0.39 is 0 Å². The van der Waals surface area contributed by atoms with Gasteiger partial charge in [-0.1, -0.05) is 46.3 Å². The van der Waals surface area contributed by atoms with Crippen molar-refractivity contribution in [2.45, 2.75) is 6.42 Å². The van der Waals surface area contributed by atoms with Crippen molar-refractivity contribution in [1.82, 2.24) is 0 Å². The third-order valence-electron chi connectivity index (χ3n) is 1.23. The Kier molecular flexibility index (Phi) is 7.46. The Hall–Kier alpha value is -0.380. The summed E-state index contributed by atoms with van der Waals surface area (Å²) in [5.74, 6) is 8.00. The first-order valence-corrected chi connectivity index (χ1v) is 4.49. The molecular weight excluding hydrogens is 204 g/mol.